The van der Waals surface area contributed by atoms with Crippen molar-refractivity contribution in [2.45, 2.75) is 6.92 Å². The summed E-state index contributed by atoms with van der Waals surface area (Å²) in [7, 11) is 1.84. The first kappa shape index (κ1) is 12.6. The first-order valence-electron chi connectivity index (χ1n) is 6.47. The zero-order valence-electron chi connectivity index (χ0n) is 11.5. The lowest BCUT2D eigenvalue weighted by Gasteiger charge is -2.33. The number of anilines is 2. The Bertz CT molecular complexity index is 637. The summed E-state index contributed by atoms with van der Waals surface area (Å²) in [6, 6.07) is 1.84. The fraction of sp³-hybridized carbons (Fsp3) is 0.385. The van der Waals surface area contributed by atoms with Crippen LogP contribution in [0.4, 0.5) is 11.6 Å². The molecule has 0 radical (unpaired) electrons. The summed E-state index contributed by atoms with van der Waals surface area (Å²) < 4.78 is 1.69. The number of aromatic nitrogens is 4. The number of piperazine rings is 1. The number of hydrogen-bond donors (Lipinski definition) is 0. The van der Waals surface area contributed by atoms with Crippen molar-refractivity contribution in [1.82, 2.24) is 19.7 Å². The molecule has 0 N–H and O–H groups in total. The average molecular weight is 272 g/mol. The van der Waals surface area contributed by atoms with Crippen molar-refractivity contribution in [3.05, 3.63) is 30.4 Å². The second kappa shape index (κ2) is 4.92. The first-order valence-corrected chi connectivity index (χ1v) is 6.47. The third-order valence-corrected chi connectivity index (χ3v) is 3.29. The number of aryl methyl sites for hydroxylation is 2. The molecule has 1 aliphatic heterocycles. The van der Waals surface area contributed by atoms with Gasteiger partial charge in [0.2, 0.25) is 11.9 Å². The molecule has 0 unspecified atom stereocenters. The van der Waals surface area contributed by atoms with Gasteiger partial charge in [0.15, 0.2) is 0 Å². The molecule has 1 amide bonds. The van der Waals surface area contributed by atoms with E-state index < -0.39 is 0 Å². The van der Waals surface area contributed by atoms with E-state index in [0.717, 1.165) is 11.4 Å². The molecule has 1 fully saturated rings. The van der Waals surface area contributed by atoms with Gasteiger partial charge in [0.1, 0.15) is 6.54 Å². The van der Waals surface area contributed by atoms with E-state index >= 15 is 0 Å². The highest BCUT2D eigenvalue weighted by Gasteiger charge is 2.27. The summed E-state index contributed by atoms with van der Waals surface area (Å²) in [6.07, 6.45) is 5.27. The predicted octanol–water partition coefficient (Wildman–Crippen LogP) is 0.372. The molecule has 7 heteroatoms. The van der Waals surface area contributed by atoms with Gasteiger partial charge in [-0.25, -0.2) is 9.97 Å². The third-order valence-electron chi connectivity index (χ3n) is 3.29. The summed E-state index contributed by atoms with van der Waals surface area (Å²) in [5, 5.41) is 4.10. The zero-order valence-corrected chi connectivity index (χ0v) is 11.5. The van der Waals surface area contributed by atoms with Crippen LogP contribution in [0, 0.1) is 6.92 Å². The van der Waals surface area contributed by atoms with E-state index in [4.69, 9.17) is 0 Å². The molecule has 1 saturated heterocycles. The molecule has 3 rings (SSSR count). The van der Waals surface area contributed by atoms with Crippen molar-refractivity contribution < 1.29 is 4.79 Å². The number of amides is 1. The number of carbonyl (C=O) groups excluding carboxylic acids is 1. The molecule has 0 saturated carbocycles. The van der Waals surface area contributed by atoms with Crippen LogP contribution < -0.4 is 9.80 Å². The lowest BCUT2D eigenvalue weighted by atomic mass is 10.3. The normalized spacial score (nSPS) is 15.8. The summed E-state index contributed by atoms with van der Waals surface area (Å²) in [4.78, 5) is 24.5. The Morgan fingerprint density at radius 2 is 2.15 bits per heavy atom. The van der Waals surface area contributed by atoms with Crippen molar-refractivity contribution in [3.8, 4) is 0 Å². The van der Waals surface area contributed by atoms with Gasteiger partial charge in [-0.1, -0.05) is 0 Å². The topological polar surface area (TPSA) is 67.2 Å². The van der Waals surface area contributed by atoms with E-state index in [2.05, 4.69) is 15.1 Å². The highest BCUT2D eigenvalue weighted by molar-refractivity contribution is 5.97. The van der Waals surface area contributed by atoms with Gasteiger partial charge < -0.3 is 9.80 Å². The summed E-state index contributed by atoms with van der Waals surface area (Å²) in [5.74, 6) is 0.651. The van der Waals surface area contributed by atoms with Gasteiger partial charge in [-0.15, -0.1) is 0 Å². The van der Waals surface area contributed by atoms with Crippen LogP contribution in [0.15, 0.2) is 24.7 Å². The lowest BCUT2D eigenvalue weighted by Crippen LogP contribution is -2.51. The van der Waals surface area contributed by atoms with Gasteiger partial charge in [-0.05, 0) is 13.0 Å². The summed E-state index contributed by atoms with van der Waals surface area (Å²) in [5.41, 5.74) is 1.74. The van der Waals surface area contributed by atoms with E-state index in [1.165, 1.54) is 0 Å². The minimum atomic E-state index is 0.0364. The van der Waals surface area contributed by atoms with Crippen LogP contribution in [0.1, 0.15) is 5.69 Å². The largest absolute Gasteiger partial charge is 0.330 e. The van der Waals surface area contributed by atoms with Crippen LogP contribution in [-0.2, 0) is 11.8 Å². The SMILES string of the molecule is Cc1ccnc(N2CCN(c3cnn(C)c3)C(=O)C2)n1. The number of carbonyl (C=O) groups is 1. The van der Waals surface area contributed by atoms with Gasteiger partial charge in [0, 0.05) is 38.2 Å². The number of hydrogen-bond acceptors (Lipinski definition) is 5. The molecule has 20 heavy (non-hydrogen) atoms. The predicted molar refractivity (Wildman–Crippen MR) is 74.5 cm³/mol. The van der Waals surface area contributed by atoms with Gasteiger partial charge >= 0.3 is 0 Å². The fourth-order valence-corrected chi connectivity index (χ4v) is 2.25. The maximum Gasteiger partial charge on any atom is 0.246 e. The molecular formula is C13H16N6O. The molecule has 7 nitrogen and oxygen atoms in total. The molecule has 0 spiro atoms. The zero-order chi connectivity index (χ0) is 14.1. The molecule has 3 heterocycles. The Balaban J connectivity index is 1.75. The van der Waals surface area contributed by atoms with Crippen molar-refractivity contribution >= 4 is 17.5 Å². The molecule has 0 atom stereocenters. The van der Waals surface area contributed by atoms with E-state index in [-0.39, 0.29) is 5.91 Å². The van der Waals surface area contributed by atoms with E-state index in [9.17, 15) is 4.79 Å². The summed E-state index contributed by atoms with van der Waals surface area (Å²) >= 11 is 0. The van der Waals surface area contributed by atoms with Gasteiger partial charge in [-0.2, -0.15) is 5.10 Å². The maximum atomic E-state index is 12.3. The van der Waals surface area contributed by atoms with E-state index in [1.54, 1.807) is 22.0 Å². The second-order valence-corrected chi connectivity index (χ2v) is 4.84. The van der Waals surface area contributed by atoms with Crippen LogP contribution in [0.2, 0.25) is 0 Å². The van der Waals surface area contributed by atoms with Gasteiger partial charge in [0.05, 0.1) is 11.9 Å². The monoisotopic (exact) mass is 272 g/mol. The Morgan fingerprint density at radius 3 is 2.80 bits per heavy atom. The van der Waals surface area contributed by atoms with Crippen LogP contribution in [-0.4, -0.2) is 45.3 Å². The Kier molecular flexibility index (Phi) is 3.09. The minimum absolute atomic E-state index is 0.0364. The van der Waals surface area contributed by atoms with Crippen molar-refractivity contribution in [3.63, 3.8) is 0 Å². The van der Waals surface area contributed by atoms with Crippen LogP contribution in [0.25, 0.3) is 0 Å². The summed E-state index contributed by atoms with van der Waals surface area (Å²) in [6.45, 7) is 3.53. The van der Waals surface area contributed by atoms with Crippen molar-refractivity contribution in [1.29, 1.82) is 0 Å². The van der Waals surface area contributed by atoms with Crippen LogP contribution in [0.5, 0.6) is 0 Å². The molecule has 2 aromatic rings. The van der Waals surface area contributed by atoms with E-state index in [1.807, 2.05) is 31.1 Å². The smallest absolute Gasteiger partial charge is 0.246 e. The van der Waals surface area contributed by atoms with E-state index in [0.29, 0.717) is 25.6 Å². The maximum absolute atomic E-state index is 12.3. The Hall–Kier alpha value is -2.44. The van der Waals surface area contributed by atoms with Crippen LogP contribution in [0.3, 0.4) is 0 Å². The quantitative estimate of drug-likeness (QED) is 0.790. The van der Waals surface area contributed by atoms with Gasteiger partial charge in [0.25, 0.3) is 0 Å². The highest BCUT2D eigenvalue weighted by atomic mass is 16.2. The molecule has 104 valence electrons. The van der Waals surface area contributed by atoms with Crippen LogP contribution >= 0.6 is 0 Å². The Labute approximate surface area is 116 Å². The highest BCUT2D eigenvalue weighted by Crippen LogP contribution is 2.18. The molecule has 2 aromatic heterocycles. The molecular weight excluding hydrogens is 256 g/mol. The second-order valence-electron chi connectivity index (χ2n) is 4.84. The third kappa shape index (κ3) is 2.34. The first-order chi connectivity index (χ1) is 9.63. The number of rotatable bonds is 2. The van der Waals surface area contributed by atoms with Crippen molar-refractivity contribution in [2.75, 3.05) is 29.4 Å². The lowest BCUT2D eigenvalue weighted by molar-refractivity contribution is -0.117. The van der Waals surface area contributed by atoms with Gasteiger partial charge in [-0.3, -0.25) is 9.48 Å². The molecule has 1 aliphatic rings. The average Bonchev–Trinajstić information content (AvgIpc) is 2.85. The molecule has 0 aliphatic carbocycles. The van der Waals surface area contributed by atoms with Crippen molar-refractivity contribution in [2.24, 2.45) is 7.05 Å². The standard InChI is InChI=1S/C13H16N6O/c1-10-3-4-14-13(16-10)18-5-6-19(12(20)9-18)11-7-15-17(2)8-11/h3-4,7-8H,5-6,9H2,1-2H3. The fourth-order valence-electron chi connectivity index (χ4n) is 2.25. The molecule has 0 aromatic carbocycles. The Morgan fingerprint density at radius 1 is 1.30 bits per heavy atom. The minimum Gasteiger partial charge on any atom is -0.330 e. The number of nitrogens with zero attached hydrogens (tertiary/aromatic N) is 6. The molecule has 0 bridgehead atoms.